The summed E-state index contributed by atoms with van der Waals surface area (Å²) in [5, 5.41) is 6.01. The fourth-order valence-corrected chi connectivity index (χ4v) is 17.1. The van der Waals surface area contributed by atoms with Crippen molar-refractivity contribution in [2.45, 2.75) is 107 Å². The van der Waals surface area contributed by atoms with Crippen LogP contribution in [0.4, 0.5) is 5.69 Å². The average Bonchev–Trinajstić information content (AvgIpc) is 2.96. The van der Waals surface area contributed by atoms with Crippen molar-refractivity contribution >= 4 is 23.7 Å². The monoisotopic (exact) mass is 742 g/mol. The van der Waals surface area contributed by atoms with Gasteiger partial charge in [-0.1, -0.05) is 75.9 Å². The molecule has 0 radical (unpaired) electrons. The summed E-state index contributed by atoms with van der Waals surface area (Å²) in [7, 11) is -1.56. The first-order valence-corrected chi connectivity index (χ1v) is 20.9. The first kappa shape index (κ1) is 35.5. The standard InChI is InChI=1S/C24H39P.C13H12N.CH4O3S.Pd/c1-2-3-4-25(23-11-17-5-18(12-23)7-19(6-17)13-23)24-14-20-8-21(15-24)10-22(9-20)16-24;1-14-13-10-6-5-9-12(13)11-7-3-2-4-8-11;1-5(2,3)4;/h17-22H,2-16H2,1H3;2-10H,1H3;1H3,(H,2,3,4);/q;-1;;. The summed E-state index contributed by atoms with van der Waals surface area (Å²) in [5.74, 6) is 6.95. The van der Waals surface area contributed by atoms with Crippen LogP contribution in [0, 0.1) is 35.5 Å². The summed E-state index contributed by atoms with van der Waals surface area (Å²) in [6.07, 6.45) is 25.3. The second kappa shape index (κ2) is 14.8. The molecule has 8 aliphatic carbocycles. The summed E-state index contributed by atoms with van der Waals surface area (Å²) >= 11 is 0. The third-order valence-electron chi connectivity index (χ3n) is 12.1. The van der Waals surface area contributed by atoms with Crippen LogP contribution < -0.4 is 0 Å². The largest absolute Gasteiger partial charge is 0.686 e. The first-order chi connectivity index (χ1) is 21.1. The van der Waals surface area contributed by atoms with Gasteiger partial charge in [-0.05, 0) is 147 Å². The maximum Gasteiger partial charge on any atom is 0.261 e. The Kier molecular flexibility index (Phi) is 11.7. The van der Waals surface area contributed by atoms with Gasteiger partial charge in [0.1, 0.15) is 0 Å². The van der Waals surface area contributed by atoms with Gasteiger partial charge in [0.25, 0.3) is 10.1 Å². The quantitative estimate of drug-likeness (QED) is 0.174. The number of hydrogen-bond acceptors (Lipinski definition) is 2. The van der Waals surface area contributed by atoms with Crippen molar-refractivity contribution < 1.29 is 33.4 Å². The van der Waals surface area contributed by atoms with E-state index in [9.17, 15) is 8.42 Å². The SMILES string of the molecule is CCCCP(C12CC3CC(CC(C3)C1)C2)C12CC3CC(CC(C3)C1)C2.CS(=O)(=O)O.C[N-]c1ccccc1-c1ccccc1.[Pd]. The van der Waals surface area contributed by atoms with E-state index in [2.05, 4.69) is 30.4 Å². The van der Waals surface area contributed by atoms with E-state index in [0.29, 0.717) is 6.26 Å². The van der Waals surface area contributed by atoms with Gasteiger partial charge in [-0.3, -0.25) is 4.55 Å². The number of benzene rings is 2. The van der Waals surface area contributed by atoms with Crippen molar-refractivity contribution in [3.8, 4) is 11.1 Å². The molecular weight excluding hydrogens is 688 g/mol. The number of para-hydroxylation sites is 1. The fraction of sp³-hybridized carbons (Fsp3) is 0.684. The van der Waals surface area contributed by atoms with Crippen LogP contribution in [0.1, 0.15) is 96.8 Å². The molecule has 252 valence electrons. The van der Waals surface area contributed by atoms with E-state index in [1.54, 1.807) is 89.6 Å². The normalized spacial score (nSPS) is 35.7. The molecule has 0 spiro atoms. The number of unbranched alkanes of at least 4 members (excludes halogenated alkanes) is 1. The zero-order valence-corrected chi connectivity index (χ0v) is 30.9. The Morgan fingerprint density at radius 2 is 1.11 bits per heavy atom. The van der Waals surface area contributed by atoms with E-state index >= 15 is 0 Å². The molecule has 45 heavy (non-hydrogen) atoms. The van der Waals surface area contributed by atoms with E-state index in [4.69, 9.17) is 4.55 Å². The van der Waals surface area contributed by atoms with Gasteiger partial charge in [-0.2, -0.15) is 8.42 Å². The molecule has 2 aromatic carbocycles. The van der Waals surface area contributed by atoms with E-state index in [-0.39, 0.29) is 28.3 Å². The van der Waals surface area contributed by atoms with Gasteiger partial charge < -0.3 is 5.32 Å². The number of nitrogens with zero attached hydrogens (tertiary/aromatic N) is 1. The molecule has 0 heterocycles. The van der Waals surface area contributed by atoms with Crippen LogP contribution in [-0.4, -0.2) is 42.7 Å². The second-order valence-corrected chi connectivity index (χ2v) is 20.3. The molecule has 8 fully saturated rings. The molecular formula is C38H55NO3PPdS-. The summed E-state index contributed by atoms with van der Waals surface area (Å²) in [4.78, 5) is 0. The molecule has 8 bridgehead atoms. The Labute approximate surface area is 288 Å². The Bertz CT molecular complexity index is 1240. The molecule has 0 aliphatic heterocycles. The molecule has 7 heteroatoms. The first-order valence-electron chi connectivity index (χ1n) is 17.5. The number of hydrogen-bond donors (Lipinski definition) is 1. The summed E-state index contributed by atoms with van der Waals surface area (Å²) in [6, 6.07) is 18.5. The van der Waals surface area contributed by atoms with Crippen LogP contribution in [0.15, 0.2) is 54.6 Å². The molecule has 4 nitrogen and oxygen atoms in total. The van der Waals surface area contributed by atoms with Gasteiger partial charge in [-0.25, -0.2) is 0 Å². The second-order valence-electron chi connectivity index (χ2n) is 15.6. The Hall–Kier alpha value is -0.758. The van der Waals surface area contributed by atoms with Crippen LogP contribution in [0.2, 0.25) is 0 Å². The van der Waals surface area contributed by atoms with Gasteiger partial charge in [0.15, 0.2) is 0 Å². The van der Waals surface area contributed by atoms with E-state index in [0.717, 1.165) is 51.5 Å². The molecule has 0 amide bonds. The molecule has 0 atom stereocenters. The van der Waals surface area contributed by atoms with Crippen molar-refractivity contribution in [1.29, 1.82) is 0 Å². The van der Waals surface area contributed by atoms with Crippen LogP contribution in [0.25, 0.3) is 16.4 Å². The number of rotatable bonds is 7. The van der Waals surface area contributed by atoms with Gasteiger partial charge >= 0.3 is 0 Å². The van der Waals surface area contributed by atoms with Crippen molar-refractivity contribution in [1.82, 2.24) is 0 Å². The third-order valence-corrected chi connectivity index (χ3v) is 16.3. The average molecular weight is 743 g/mol. The fourth-order valence-electron chi connectivity index (χ4n) is 11.6. The zero-order valence-electron chi connectivity index (χ0n) is 27.6. The van der Waals surface area contributed by atoms with Gasteiger partial charge in [0, 0.05) is 20.4 Å². The minimum absolute atomic E-state index is 0. The molecule has 10 rings (SSSR count). The van der Waals surface area contributed by atoms with Gasteiger partial charge in [0.2, 0.25) is 0 Å². The minimum Gasteiger partial charge on any atom is -0.686 e. The predicted octanol–water partition coefficient (Wildman–Crippen LogP) is 10.7. The Balaban J connectivity index is 0.000000170. The Morgan fingerprint density at radius 3 is 1.49 bits per heavy atom. The molecule has 0 aromatic heterocycles. The van der Waals surface area contributed by atoms with E-state index in [1.807, 2.05) is 43.4 Å². The minimum atomic E-state index is -3.67. The van der Waals surface area contributed by atoms with Crippen LogP contribution >= 0.6 is 7.92 Å². The molecule has 0 unspecified atom stereocenters. The van der Waals surface area contributed by atoms with Gasteiger partial charge in [0.05, 0.1) is 6.26 Å². The molecule has 0 saturated heterocycles. The molecule has 1 N–H and O–H groups in total. The van der Waals surface area contributed by atoms with E-state index < -0.39 is 10.1 Å². The van der Waals surface area contributed by atoms with Crippen molar-refractivity contribution in [3.05, 3.63) is 59.9 Å². The van der Waals surface area contributed by atoms with Crippen molar-refractivity contribution in [2.24, 2.45) is 35.5 Å². The maximum atomic E-state index is 9.19. The summed E-state index contributed by atoms with van der Waals surface area (Å²) in [5.41, 5.74) is 3.45. The maximum absolute atomic E-state index is 9.19. The molecule has 8 aliphatic rings. The van der Waals surface area contributed by atoms with Crippen molar-refractivity contribution in [3.63, 3.8) is 0 Å². The molecule has 2 aromatic rings. The third kappa shape index (κ3) is 8.28. The Morgan fingerprint density at radius 1 is 0.733 bits per heavy atom. The predicted molar refractivity (Wildman–Crippen MR) is 187 cm³/mol. The topological polar surface area (TPSA) is 68.5 Å². The smallest absolute Gasteiger partial charge is 0.261 e. The van der Waals surface area contributed by atoms with Crippen LogP contribution in [0.5, 0.6) is 0 Å². The van der Waals surface area contributed by atoms with Crippen LogP contribution in [0.3, 0.4) is 0 Å². The zero-order chi connectivity index (χ0) is 31.0. The molecule has 8 saturated carbocycles. The van der Waals surface area contributed by atoms with Crippen molar-refractivity contribution in [2.75, 3.05) is 19.5 Å². The summed E-state index contributed by atoms with van der Waals surface area (Å²) in [6.45, 7) is 2.45. The van der Waals surface area contributed by atoms with Gasteiger partial charge in [-0.15, -0.1) is 12.7 Å². The summed E-state index contributed by atoms with van der Waals surface area (Å²) < 4.78 is 25.9. The van der Waals surface area contributed by atoms with E-state index in [1.165, 1.54) is 17.5 Å². The van der Waals surface area contributed by atoms with Crippen LogP contribution in [-0.2, 0) is 30.5 Å².